The maximum absolute atomic E-state index is 12.7. The minimum atomic E-state index is -5.14. The van der Waals surface area contributed by atoms with Gasteiger partial charge < -0.3 is 5.32 Å². The first-order chi connectivity index (χ1) is 11.1. The van der Waals surface area contributed by atoms with E-state index in [1.807, 2.05) is 23.1 Å². The lowest BCUT2D eigenvalue weighted by atomic mass is 10.1. The van der Waals surface area contributed by atoms with Crippen LogP contribution in [0.1, 0.15) is 18.4 Å². The molecule has 134 valence electrons. The molecule has 1 unspecified atom stereocenters. The third-order valence-electron chi connectivity index (χ3n) is 3.92. The van der Waals surface area contributed by atoms with E-state index in [1.54, 1.807) is 0 Å². The largest absolute Gasteiger partial charge is 0.428 e. The van der Waals surface area contributed by atoms with E-state index in [-0.39, 0.29) is 6.54 Å². The lowest BCUT2D eigenvalue weighted by molar-refractivity contribution is -0.186. The van der Waals surface area contributed by atoms with Crippen LogP contribution in [0.5, 0.6) is 0 Å². The molecule has 0 saturated carbocycles. The zero-order valence-corrected chi connectivity index (χ0v) is 14.9. The number of nitrogens with one attached hydrogen (secondary N) is 1. The molecule has 0 radical (unpaired) electrons. The van der Waals surface area contributed by atoms with E-state index in [2.05, 4.69) is 31.8 Å². The molecule has 0 aliphatic heterocycles. The van der Waals surface area contributed by atoms with Gasteiger partial charge in [-0.1, -0.05) is 48.2 Å². The summed E-state index contributed by atoms with van der Waals surface area (Å²) in [4.78, 5) is 11.0. The molecule has 0 aliphatic carbocycles. The van der Waals surface area contributed by atoms with Crippen LogP contribution in [0.4, 0.5) is 17.6 Å². The van der Waals surface area contributed by atoms with Gasteiger partial charge in [0.2, 0.25) is 0 Å². The number of aryl methyl sites for hydroxylation is 1. The molecule has 2 nitrogen and oxygen atoms in total. The Morgan fingerprint density at radius 3 is 2.33 bits per heavy atom. The number of carbonyl (C=O) groups excluding carboxylic acids is 1. The molecule has 24 heavy (non-hydrogen) atoms. The molecule has 0 aliphatic rings. The quantitative estimate of drug-likeness (QED) is 0.427. The van der Waals surface area contributed by atoms with Crippen LogP contribution in [0.25, 0.3) is 0 Å². The summed E-state index contributed by atoms with van der Waals surface area (Å²) in [7, 11) is -1.57. The van der Waals surface area contributed by atoms with Gasteiger partial charge in [0, 0.05) is 6.54 Å². The first-order valence-electron chi connectivity index (χ1n) is 7.79. The molecule has 1 amide bonds. The van der Waals surface area contributed by atoms with Gasteiger partial charge in [-0.2, -0.15) is 13.2 Å². The highest BCUT2D eigenvalue weighted by Gasteiger charge is 2.45. The normalized spacial score (nSPS) is 13.4. The summed E-state index contributed by atoms with van der Waals surface area (Å²) >= 11 is 0. The Bertz CT molecular complexity index is 555. The summed E-state index contributed by atoms with van der Waals surface area (Å²) in [5.41, 5.74) is 3.14. The maximum Gasteiger partial charge on any atom is 0.428 e. The first kappa shape index (κ1) is 20.4. The molecule has 0 fully saturated rings. The smallest absolute Gasteiger partial charge is 0.353 e. The van der Waals surface area contributed by atoms with Crippen LogP contribution in [0.15, 0.2) is 36.5 Å². The van der Waals surface area contributed by atoms with Gasteiger partial charge in [0.05, 0.1) is 0 Å². The highest BCUT2D eigenvalue weighted by atomic mass is 28.3. The fourth-order valence-corrected chi connectivity index (χ4v) is 3.38. The van der Waals surface area contributed by atoms with Gasteiger partial charge in [-0.05, 0) is 24.8 Å². The zero-order valence-electron chi connectivity index (χ0n) is 13.9. The number of unbranched alkanes of at least 4 members (excludes halogenated alkanes) is 1. The molecule has 0 aromatic heterocycles. The van der Waals surface area contributed by atoms with Gasteiger partial charge in [0.15, 0.2) is 0 Å². The summed E-state index contributed by atoms with van der Waals surface area (Å²) in [5.74, 6) is -1.62. The SMILES string of the molecule is C=C[Si](C)(C)c1ccc(CCCCNC(=O)C(F)C(F)(F)F)cc1. The third kappa shape index (κ3) is 6.11. The summed E-state index contributed by atoms with van der Waals surface area (Å²) in [6, 6.07) is 8.24. The second-order valence-electron chi connectivity index (χ2n) is 6.28. The molecule has 1 aromatic carbocycles. The lowest BCUT2D eigenvalue weighted by Gasteiger charge is -2.18. The highest BCUT2D eigenvalue weighted by molar-refractivity contribution is 6.93. The Labute approximate surface area is 141 Å². The predicted molar refractivity (Wildman–Crippen MR) is 90.7 cm³/mol. The predicted octanol–water partition coefficient (Wildman–Crippen LogP) is 3.67. The number of hydrogen-bond donors (Lipinski definition) is 1. The Morgan fingerprint density at radius 2 is 1.83 bits per heavy atom. The lowest BCUT2D eigenvalue weighted by Crippen LogP contribution is -2.41. The van der Waals surface area contributed by atoms with Crippen molar-refractivity contribution in [1.82, 2.24) is 5.32 Å². The first-order valence-corrected chi connectivity index (χ1v) is 10.9. The molecule has 0 spiro atoms. The van der Waals surface area contributed by atoms with Gasteiger partial charge in [-0.25, -0.2) is 4.39 Å². The molecule has 7 heteroatoms. The Hall–Kier alpha value is -1.63. The maximum atomic E-state index is 12.7. The number of hydrogen-bond acceptors (Lipinski definition) is 1. The molecule has 1 aromatic rings. The van der Waals surface area contributed by atoms with Crippen molar-refractivity contribution in [3.05, 3.63) is 42.1 Å². The van der Waals surface area contributed by atoms with E-state index in [1.165, 1.54) is 5.19 Å². The van der Waals surface area contributed by atoms with Gasteiger partial charge >= 0.3 is 6.18 Å². The van der Waals surface area contributed by atoms with Crippen molar-refractivity contribution in [2.24, 2.45) is 0 Å². The van der Waals surface area contributed by atoms with E-state index < -0.39 is 26.3 Å². The summed E-state index contributed by atoms with van der Waals surface area (Å²) in [5, 5.41) is 3.26. The number of amides is 1. The average molecular weight is 361 g/mol. The summed E-state index contributed by atoms with van der Waals surface area (Å²) in [6.07, 6.45) is -6.66. The van der Waals surface area contributed by atoms with Crippen LogP contribution in [-0.2, 0) is 11.2 Å². The number of alkyl halides is 4. The van der Waals surface area contributed by atoms with Crippen LogP contribution < -0.4 is 10.5 Å². The number of halogens is 4. The van der Waals surface area contributed by atoms with Crippen molar-refractivity contribution < 1.29 is 22.4 Å². The van der Waals surface area contributed by atoms with Crippen LogP contribution in [0.2, 0.25) is 13.1 Å². The Balaban J connectivity index is 2.34. The van der Waals surface area contributed by atoms with E-state index in [4.69, 9.17) is 0 Å². The van der Waals surface area contributed by atoms with Crippen LogP contribution >= 0.6 is 0 Å². The minimum absolute atomic E-state index is 0.0316. The summed E-state index contributed by atoms with van der Waals surface area (Å²) in [6.45, 7) is 8.31. The Morgan fingerprint density at radius 1 is 1.25 bits per heavy atom. The number of rotatable bonds is 8. The fourth-order valence-electron chi connectivity index (χ4n) is 2.12. The van der Waals surface area contributed by atoms with Gasteiger partial charge in [-0.3, -0.25) is 4.79 Å². The van der Waals surface area contributed by atoms with E-state index >= 15 is 0 Å². The fraction of sp³-hybridized carbons (Fsp3) is 0.471. The molecular formula is C17H23F4NOSi. The number of benzene rings is 1. The van der Waals surface area contributed by atoms with Crippen LogP contribution in [0, 0.1) is 0 Å². The van der Waals surface area contributed by atoms with Crippen molar-refractivity contribution in [2.75, 3.05) is 6.54 Å². The van der Waals surface area contributed by atoms with Gasteiger partial charge in [0.1, 0.15) is 8.07 Å². The molecule has 0 heterocycles. The molecule has 0 bridgehead atoms. The van der Waals surface area contributed by atoms with E-state index in [0.29, 0.717) is 12.8 Å². The second-order valence-corrected chi connectivity index (χ2v) is 10.7. The highest BCUT2D eigenvalue weighted by Crippen LogP contribution is 2.22. The molecule has 1 rings (SSSR count). The minimum Gasteiger partial charge on any atom is -0.353 e. The van der Waals surface area contributed by atoms with Crippen LogP contribution in [-0.4, -0.2) is 32.9 Å². The van der Waals surface area contributed by atoms with Crippen molar-refractivity contribution >= 4 is 19.2 Å². The van der Waals surface area contributed by atoms with Crippen molar-refractivity contribution in [3.8, 4) is 0 Å². The van der Waals surface area contributed by atoms with E-state index in [0.717, 1.165) is 12.0 Å². The molecule has 1 atom stereocenters. The summed E-state index contributed by atoms with van der Waals surface area (Å²) < 4.78 is 48.7. The number of carbonyl (C=O) groups is 1. The third-order valence-corrected chi connectivity index (χ3v) is 6.76. The second kappa shape index (κ2) is 8.46. The zero-order chi connectivity index (χ0) is 18.4. The molecule has 0 saturated heterocycles. The standard InChI is InChI=1S/C17H23F4NOSi/c1-4-24(2,3)14-10-8-13(9-11-14)7-5-6-12-22-16(23)15(18)17(19,20)21/h4,8-11,15H,1,5-7,12H2,2-3H3,(H,22,23). The molecular weight excluding hydrogens is 338 g/mol. The van der Waals surface area contributed by atoms with Crippen LogP contribution in [0.3, 0.4) is 0 Å². The molecule has 1 N–H and O–H groups in total. The average Bonchev–Trinajstić information content (AvgIpc) is 2.53. The van der Waals surface area contributed by atoms with Gasteiger partial charge in [-0.15, -0.1) is 6.58 Å². The van der Waals surface area contributed by atoms with Crippen molar-refractivity contribution in [2.45, 2.75) is 44.7 Å². The van der Waals surface area contributed by atoms with Gasteiger partial charge in [0.25, 0.3) is 12.1 Å². The van der Waals surface area contributed by atoms with Crippen molar-refractivity contribution in [3.63, 3.8) is 0 Å². The topological polar surface area (TPSA) is 29.1 Å². The Kier molecular flexibility index (Phi) is 7.20. The van der Waals surface area contributed by atoms with Crippen molar-refractivity contribution in [1.29, 1.82) is 0 Å². The van der Waals surface area contributed by atoms with E-state index in [9.17, 15) is 22.4 Å². The monoisotopic (exact) mass is 361 g/mol.